The molecule has 4 nitrogen and oxygen atoms in total. The van der Waals surface area contributed by atoms with Crippen LogP contribution in [0.3, 0.4) is 0 Å². The number of hydrogen-bond donors (Lipinski definition) is 2. The smallest absolute Gasteiger partial charge is 0.339 e. The summed E-state index contributed by atoms with van der Waals surface area (Å²) in [7, 11) is 0. The number of ether oxygens (including phenoxy) is 1. The number of phenols is 1. The molecule has 2 N–H and O–H groups in total. The number of carboxylic acids is 1. The molecule has 0 unspecified atom stereocenters. The Bertz CT molecular complexity index is 825. The Morgan fingerprint density at radius 3 is 2.50 bits per heavy atom. The van der Waals surface area contributed by atoms with Gasteiger partial charge in [-0.05, 0) is 29.1 Å². The number of aromatic carboxylic acids is 1. The van der Waals surface area contributed by atoms with E-state index < -0.39 is 5.97 Å². The fourth-order valence-electron chi connectivity index (χ4n) is 2.32. The summed E-state index contributed by atoms with van der Waals surface area (Å²) in [5, 5.41) is 20.3. The molecule has 0 aliphatic rings. The van der Waals surface area contributed by atoms with Crippen LogP contribution in [0.2, 0.25) is 0 Å². The van der Waals surface area contributed by atoms with Gasteiger partial charge in [0, 0.05) is 5.39 Å². The highest BCUT2D eigenvalue weighted by molar-refractivity contribution is 5.99. The van der Waals surface area contributed by atoms with Crippen LogP contribution in [0.1, 0.15) is 15.9 Å². The van der Waals surface area contributed by atoms with Gasteiger partial charge in [0.2, 0.25) is 0 Å². The zero-order valence-electron chi connectivity index (χ0n) is 11.7. The maximum absolute atomic E-state index is 11.1. The molecule has 110 valence electrons. The molecular formula is C18H14O4. The van der Waals surface area contributed by atoms with E-state index in [2.05, 4.69) is 0 Å². The molecule has 3 rings (SSSR count). The van der Waals surface area contributed by atoms with E-state index in [1.807, 2.05) is 30.3 Å². The molecule has 0 atom stereocenters. The molecule has 0 saturated heterocycles. The van der Waals surface area contributed by atoms with Gasteiger partial charge in [-0.1, -0.05) is 42.5 Å². The standard InChI is InChI=1S/C18H14O4/c19-16-10-14-13(9-15(16)18(20)21)7-4-8-17(14)22-11-12-5-2-1-3-6-12/h1-10,19H,11H2,(H,20,21). The topological polar surface area (TPSA) is 66.8 Å². The number of rotatable bonds is 4. The molecule has 4 heteroatoms. The zero-order valence-corrected chi connectivity index (χ0v) is 11.7. The van der Waals surface area contributed by atoms with Gasteiger partial charge in [0.15, 0.2) is 0 Å². The lowest BCUT2D eigenvalue weighted by Gasteiger charge is -2.11. The quantitative estimate of drug-likeness (QED) is 0.767. The number of carboxylic acid groups (broad SMARTS) is 1. The monoisotopic (exact) mass is 294 g/mol. The van der Waals surface area contributed by atoms with Gasteiger partial charge in [0.05, 0.1) is 0 Å². The Kier molecular flexibility index (Phi) is 3.66. The maximum Gasteiger partial charge on any atom is 0.339 e. The van der Waals surface area contributed by atoms with E-state index in [0.717, 1.165) is 5.56 Å². The van der Waals surface area contributed by atoms with Gasteiger partial charge in [0.1, 0.15) is 23.7 Å². The predicted molar refractivity (Wildman–Crippen MR) is 83.3 cm³/mol. The minimum atomic E-state index is -1.16. The summed E-state index contributed by atoms with van der Waals surface area (Å²) in [5.41, 5.74) is 0.915. The van der Waals surface area contributed by atoms with Gasteiger partial charge < -0.3 is 14.9 Å². The predicted octanol–water partition coefficient (Wildman–Crippen LogP) is 3.82. The Balaban J connectivity index is 1.96. The third-order valence-corrected chi connectivity index (χ3v) is 3.42. The molecule has 0 fully saturated rings. The van der Waals surface area contributed by atoms with Crippen molar-refractivity contribution in [1.29, 1.82) is 0 Å². The number of benzene rings is 3. The van der Waals surface area contributed by atoms with Crippen molar-refractivity contribution in [2.45, 2.75) is 6.61 Å². The van der Waals surface area contributed by atoms with Crippen molar-refractivity contribution in [2.24, 2.45) is 0 Å². The number of hydrogen-bond acceptors (Lipinski definition) is 3. The first-order valence-electron chi connectivity index (χ1n) is 6.81. The fraction of sp³-hybridized carbons (Fsp3) is 0.0556. The molecule has 0 saturated carbocycles. The van der Waals surface area contributed by atoms with Crippen LogP contribution in [0.25, 0.3) is 10.8 Å². The number of aromatic hydroxyl groups is 1. The Morgan fingerprint density at radius 1 is 1.00 bits per heavy atom. The van der Waals surface area contributed by atoms with Crippen molar-refractivity contribution >= 4 is 16.7 Å². The summed E-state index contributed by atoms with van der Waals surface area (Å²) in [6.07, 6.45) is 0. The lowest BCUT2D eigenvalue weighted by Crippen LogP contribution is -1.98. The average Bonchev–Trinajstić information content (AvgIpc) is 2.53. The minimum absolute atomic E-state index is 0.118. The summed E-state index contributed by atoms with van der Waals surface area (Å²) in [5.74, 6) is -0.820. The molecule has 0 bridgehead atoms. The molecule has 0 aliphatic carbocycles. The normalized spacial score (nSPS) is 10.5. The summed E-state index contributed by atoms with van der Waals surface area (Å²) in [6.45, 7) is 0.404. The molecule has 0 aliphatic heterocycles. The van der Waals surface area contributed by atoms with Crippen molar-refractivity contribution < 1.29 is 19.7 Å². The van der Waals surface area contributed by atoms with E-state index >= 15 is 0 Å². The van der Waals surface area contributed by atoms with E-state index in [9.17, 15) is 9.90 Å². The first kappa shape index (κ1) is 13.9. The number of carbonyl (C=O) groups is 1. The fourth-order valence-corrected chi connectivity index (χ4v) is 2.32. The van der Waals surface area contributed by atoms with Crippen LogP contribution in [0, 0.1) is 0 Å². The van der Waals surface area contributed by atoms with Crippen LogP contribution in [-0.4, -0.2) is 16.2 Å². The first-order valence-corrected chi connectivity index (χ1v) is 6.81. The third-order valence-electron chi connectivity index (χ3n) is 3.42. The van der Waals surface area contributed by atoms with Crippen LogP contribution < -0.4 is 4.74 Å². The highest BCUT2D eigenvalue weighted by Gasteiger charge is 2.13. The molecule has 22 heavy (non-hydrogen) atoms. The van der Waals surface area contributed by atoms with E-state index in [0.29, 0.717) is 23.1 Å². The molecule has 0 heterocycles. The second-order valence-electron chi connectivity index (χ2n) is 4.93. The highest BCUT2D eigenvalue weighted by Crippen LogP contribution is 2.32. The Morgan fingerprint density at radius 2 is 1.77 bits per heavy atom. The van der Waals surface area contributed by atoms with Crippen molar-refractivity contribution in [3.63, 3.8) is 0 Å². The van der Waals surface area contributed by atoms with Gasteiger partial charge in [-0.3, -0.25) is 0 Å². The molecule has 0 radical (unpaired) electrons. The van der Waals surface area contributed by atoms with Crippen LogP contribution in [0.4, 0.5) is 0 Å². The summed E-state index contributed by atoms with van der Waals surface area (Å²) in [4.78, 5) is 11.1. The molecule has 3 aromatic carbocycles. The molecule has 0 amide bonds. The first-order chi connectivity index (χ1) is 10.6. The van der Waals surface area contributed by atoms with Crippen LogP contribution in [0.15, 0.2) is 60.7 Å². The number of fused-ring (bicyclic) bond motifs is 1. The van der Waals surface area contributed by atoms with Crippen molar-refractivity contribution in [2.75, 3.05) is 0 Å². The van der Waals surface area contributed by atoms with E-state index in [-0.39, 0.29) is 11.3 Å². The molecule has 0 aromatic heterocycles. The summed E-state index contributed by atoms with van der Waals surface area (Å²) in [6, 6.07) is 18.0. The average molecular weight is 294 g/mol. The highest BCUT2D eigenvalue weighted by atomic mass is 16.5. The largest absolute Gasteiger partial charge is 0.507 e. The third kappa shape index (κ3) is 2.72. The lowest BCUT2D eigenvalue weighted by atomic mass is 10.1. The summed E-state index contributed by atoms with van der Waals surface area (Å²) < 4.78 is 5.80. The zero-order chi connectivity index (χ0) is 15.5. The SMILES string of the molecule is O=C(O)c1cc2cccc(OCc3ccccc3)c2cc1O. The maximum atomic E-state index is 11.1. The van der Waals surface area contributed by atoms with Crippen LogP contribution in [-0.2, 0) is 6.61 Å². The van der Waals surface area contributed by atoms with E-state index in [1.54, 1.807) is 18.2 Å². The van der Waals surface area contributed by atoms with E-state index in [1.165, 1.54) is 12.1 Å². The summed E-state index contributed by atoms with van der Waals surface area (Å²) >= 11 is 0. The Hall–Kier alpha value is -3.01. The van der Waals surface area contributed by atoms with Gasteiger partial charge >= 0.3 is 5.97 Å². The Labute approximate surface area is 127 Å². The van der Waals surface area contributed by atoms with Gasteiger partial charge in [-0.15, -0.1) is 0 Å². The van der Waals surface area contributed by atoms with Crippen molar-refractivity contribution in [3.8, 4) is 11.5 Å². The second kappa shape index (κ2) is 5.77. The lowest BCUT2D eigenvalue weighted by molar-refractivity contribution is 0.0694. The van der Waals surface area contributed by atoms with Crippen molar-refractivity contribution in [3.05, 3.63) is 71.8 Å². The van der Waals surface area contributed by atoms with Crippen LogP contribution in [0.5, 0.6) is 11.5 Å². The molecule has 0 spiro atoms. The second-order valence-corrected chi connectivity index (χ2v) is 4.93. The van der Waals surface area contributed by atoms with Gasteiger partial charge in [-0.2, -0.15) is 0 Å². The van der Waals surface area contributed by atoms with Gasteiger partial charge in [0.25, 0.3) is 0 Å². The minimum Gasteiger partial charge on any atom is -0.507 e. The van der Waals surface area contributed by atoms with Crippen LogP contribution >= 0.6 is 0 Å². The molecular weight excluding hydrogens is 280 g/mol. The van der Waals surface area contributed by atoms with Crippen molar-refractivity contribution in [1.82, 2.24) is 0 Å². The van der Waals surface area contributed by atoms with Gasteiger partial charge in [-0.25, -0.2) is 4.79 Å². The molecule has 3 aromatic rings. The van der Waals surface area contributed by atoms with E-state index in [4.69, 9.17) is 9.84 Å².